The van der Waals surface area contributed by atoms with Crippen LogP contribution in [0.1, 0.15) is 0 Å². The third-order valence-corrected chi connectivity index (χ3v) is 2.10. The highest BCUT2D eigenvalue weighted by molar-refractivity contribution is 6.31. The highest BCUT2D eigenvalue weighted by atomic mass is 35.5. The van der Waals surface area contributed by atoms with Crippen LogP contribution in [0.5, 0.6) is 5.75 Å². The topological polar surface area (TPSA) is 64.4 Å². The van der Waals surface area contributed by atoms with Gasteiger partial charge in [0.15, 0.2) is 5.75 Å². The van der Waals surface area contributed by atoms with Gasteiger partial charge in [0, 0.05) is 18.7 Å². The highest BCUT2D eigenvalue weighted by Crippen LogP contribution is 2.32. The number of nitro benzene ring substituents is 1. The molecule has 0 amide bonds. The molecule has 0 aliphatic carbocycles. The summed E-state index contributed by atoms with van der Waals surface area (Å²) in [5, 5.41) is 13.1. The highest BCUT2D eigenvalue weighted by Gasteiger charge is 2.18. The molecule has 7 heteroatoms. The van der Waals surface area contributed by atoms with Crippen molar-refractivity contribution in [1.82, 2.24) is 5.32 Å². The Morgan fingerprint density at radius 3 is 2.88 bits per heavy atom. The summed E-state index contributed by atoms with van der Waals surface area (Å²) in [6.45, 7) is 0.708. The predicted molar refractivity (Wildman–Crippen MR) is 57.5 cm³/mol. The number of nitro groups is 1. The van der Waals surface area contributed by atoms with Gasteiger partial charge < -0.3 is 10.1 Å². The molecule has 0 saturated carbocycles. The molecule has 0 aromatic heterocycles. The zero-order valence-corrected chi connectivity index (χ0v) is 9.25. The molecule has 0 fully saturated rings. The van der Waals surface area contributed by atoms with E-state index in [-0.39, 0.29) is 23.1 Å². The summed E-state index contributed by atoms with van der Waals surface area (Å²) in [4.78, 5) is 9.98. The van der Waals surface area contributed by atoms with Gasteiger partial charge in [0.05, 0.1) is 9.95 Å². The summed E-state index contributed by atoms with van der Waals surface area (Å²) >= 11 is 5.44. The Balaban J connectivity index is 2.95. The summed E-state index contributed by atoms with van der Waals surface area (Å²) < 4.78 is 18.2. The van der Waals surface area contributed by atoms with Crippen molar-refractivity contribution in [2.24, 2.45) is 0 Å². The number of benzene rings is 1. The summed E-state index contributed by atoms with van der Waals surface area (Å²) in [6, 6.07) is 1.85. The molecule has 16 heavy (non-hydrogen) atoms. The van der Waals surface area contributed by atoms with Crippen LogP contribution in [-0.2, 0) is 0 Å². The smallest absolute Gasteiger partial charge is 0.312 e. The molecule has 1 N–H and O–H groups in total. The third kappa shape index (κ3) is 3.04. The molecule has 1 aromatic carbocycles. The second-order valence-corrected chi connectivity index (χ2v) is 3.35. The van der Waals surface area contributed by atoms with Gasteiger partial charge in [-0.15, -0.1) is 0 Å². The lowest BCUT2D eigenvalue weighted by Crippen LogP contribution is -2.16. The minimum atomic E-state index is -0.744. The van der Waals surface area contributed by atoms with Gasteiger partial charge >= 0.3 is 5.69 Å². The first-order valence-corrected chi connectivity index (χ1v) is 4.85. The number of likely N-dealkylation sites (N-methyl/N-ethyl adjacent to an activating group) is 1. The molecular weight excluding hydrogens is 239 g/mol. The molecule has 0 atom stereocenters. The molecule has 0 bridgehead atoms. The van der Waals surface area contributed by atoms with Crippen LogP contribution in [0, 0.1) is 15.9 Å². The van der Waals surface area contributed by atoms with Gasteiger partial charge in [-0.25, -0.2) is 4.39 Å². The molecule has 0 unspecified atom stereocenters. The van der Waals surface area contributed by atoms with Crippen molar-refractivity contribution in [3.05, 3.63) is 33.1 Å². The number of nitrogens with zero attached hydrogens (tertiary/aromatic N) is 1. The van der Waals surface area contributed by atoms with Crippen molar-refractivity contribution in [3.8, 4) is 5.75 Å². The Bertz CT molecular complexity index is 401. The van der Waals surface area contributed by atoms with E-state index in [1.165, 1.54) is 0 Å². The number of ether oxygens (including phenoxy) is 1. The fourth-order valence-electron chi connectivity index (χ4n) is 1.04. The van der Waals surface area contributed by atoms with Crippen molar-refractivity contribution in [3.63, 3.8) is 0 Å². The maximum absolute atomic E-state index is 13.1. The fourth-order valence-corrected chi connectivity index (χ4v) is 1.20. The Morgan fingerprint density at radius 2 is 2.31 bits per heavy atom. The Kier molecular flexibility index (Phi) is 4.45. The van der Waals surface area contributed by atoms with E-state index in [1.54, 1.807) is 7.05 Å². The van der Waals surface area contributed by atoms with Crippen LogP contribution in [0.15, 0.2) is 12.1 Å². The van der Waals surface area contributed by atoms with Gasteiger partial charge in [-0.05, 0) is 7.05 Å². The van der Waals surface area contributed by atoms with Crippen molar-refractivity contribution in [2.45, 2.75) is 0 Å². The van der Waals surface area contributed by atoms with Gasteiger partial charge in [0.2, 0.25) is 0 Å². The molecule has 0 radical (unpaired) electrons. The van der Waals surface area contributed by atoms with E-state index in [0.29, 0.717) is 6.54 Å². The van der Waals surface area contributed by atoms with E-state index in [0.717, 1.165) is 12.1 Å². The van der Waals surface area contributed by atoms with Crippen molar-refractivity contribution in [2.75, 3.05) is 20.2 Å². The second-order valence-electron chi connectivity index (χ2n) is 2.94. The molecule has 88 valence electrons. The first kappa shape index (κ1) is 12.7. The largest absolute Gasteiger partial charge is 0.485 e. The summed E-state index contributed by atoms with van der Waals surface area (Å²) in [7, 11) is 1.71. The number of halogens is 2. The number of rotatable bonds is 5. The summed E-state index contributed by atoms with van der Waals surface area (Å²) in [6.07, 6.45) is 0. The molecule has 0 heterocycles. The zero-order chi connectivity index (χ0) is 12.1. The number of nitrogens with one attached hydrogen (secondary N) is 1. The van der Waals surface area contributed by atoms with E-state index in [2.05, 4.69) is 5.32 Å². The van der Waals surface area contributed by atoms with E-state index in [9.17, 15) is 14.5 Å². The Labute approximate surface area is 96.3 Å². The molecule has 0 spiro atoms. The fraction of sp³-hybridized carbons (Fsp3) is 0.333. The summed E-state index contributed by atoms with van der Waals surface area (Å²) in [5.41, 5.74) is -0.345. The van der Waals surface area contributed by atoms with Gasteiger partial charge in [-0.1, -0.05) is 11.6 Å². The molecule has 5 nitrogen and oxygen atoms in total. The van der Waals surface area contributed by atoms with Crippen LogP contribution in [0.25, 0.3) is 0 Å². The minimum Gasteiger partial charge on any atom is -0.485 e. The average Bonchev–Trinajstić information content (AvgIpc) is 2.23. The standard InChI is InChI=1S/C9H10ClFN2O3/c1-12-2-3-16-9-5-7(11)6(10)4-8(9)13(14)15/h4-5,12H,2-3H2,1H3. The molecule has 1 rings (SSSR count). The number of hydrogen-bond acceptors (Lipinski definition) is 4. The first-order chi connectivity index (χ1) is 7.56. The maximum Gasteiger partial charge on any atom is 0.312 e. The lowest BCUT2D eigenvalue weighted by molar-refractivity contribution is -0.385. The van der Waals surface area contributed by atoms with E-state index < -0.39 is 10.7 Å². The molecule has 0 saturated heterocycles. The van der Waals surface area contributed by atoms with Crippen LogP contribution < -0.4 is 10.1 Å². The van der Waals surface area contributed by atoms with Crippen LogP contribution in [0.2, 0.25) is 5.02 Å². The lowest BCUT2D eigenvalue weighted by atomic mass is 10.3. The van der Waals surface area contributed by atoms with E-state index >= 15 is 0 Å². The van der Waals surface area contributed by atoms with Gasteiger partial charge in [0.25, 0.3) is 0 Å². The quantitative estimate of drug-likeness (QED) is 0.492. The monoisotopic (exact) mass is 248 g/mol. The van der Waals surface area contributed by atoms with Crippen LogP contribution in [0.3, 0.4) is 0 Å². The van der Waals surface area contributed by atoms with Crippen molar-refractivity contribution < 1.29 is 14.1 Å². The van der Waals surface area contributed by atoms with E-state index in [4.69, 9.17) is 16.3 Å². The van der Waals surface area contributed by atoms with Crippen molar-refractivity contribution in [1.29, 1.82) is 0 Å². The third-order valence-electron chi connectivity index (χ3n) is 1.81. The summed E-state index contributed by atoms with van der Waals surface area (Å²) in [5.74, 6) is -0.867. The van der Waals surface area contributed by atoms with Gasteiger partial charge in [0.1, 0.15) is 12.4 Å². The molecular formula is C9H10ClFN2O3. The van der Waals surface area contributed by atoms with Gasteiger partial charge in [-0.2, -0.15) is 0 Å². The molecule has 0 aliphatic heterocycles. The lowest BCUT2D eigenvalue weighted by Gasteiger charge is -2.06. The maximum atomic E-state index is 13.1. The van der Waals surface area contributed by atoms with Crippen LogP contribution >= 0.6 is 11.6 Å². The Hall–Kier alpha value is -1.40. The predicted octanol–water partition coefficient (Wildman–Crippen LogP) is 1.99. The SMILES string of the molecule is CNCCOc1cc(F)c(Cl)cc1[N+](=O)[O-]. The molecule has 1 aromatic rings. The Morgan fingerprint density at radius 1 is 1.62 bits per heavy atom. The molecule has 0 aliphatic rings. The average molecular weight is 249 g/mol. The zero-order valence-electron chi connectivity index (χ0n) is 8.50. The normalized spacial score (nSPS) is 10.2. The van der Waals surface area contributed by atoms with Gasteiger partial charge in [-0.3, -0.25) is 10.1 Å². The van der Waals surface area contributed by atoms with Crippen LogP contribution in [0.4, 0.5) is 10.1 Å². The minimum absolute atomic E-state index is 0.123. The van der Waals surface area contributed by atoms with E-state index in [1.807, 2.05) is 0 Å². The number of hydrogen-bond donors (Lipinski definition) is 1. The first-order valence-electron chi connectivity index (χ1n) is 4.47. The van der Waals surface area contributed by atoms with Crippen LogP contribution in [-0.4, -0.2) is 25.1 Å². The second kappa shape index (κ2) is 5.62. The van der Waals surface area contributed by atoms with Crippen molar-refractivity contribution >= 4 is 17.3 Å².